The molecular formula is C29H32N4O8S2. The second kappa shape index (κ2) is 11.4. The van der Waals surface area contributed by atoms with Crippen LogP contribution in [0.15, 0.2) is 70.6 Å². The third kappa shape index (κ3) is 6.70. The van der Waals surface area contributed by atoms with Crippen molar-refractivity contribution in [3.8, 4) is 34.4 Å². The van der Waals surface area contributed by atoms with Crippen LogP contribution in [0.5, 0.6) is 23.3 Å². The molecule has 43 heavy (non-hydrogen) atoms. The van der Waals surface area contributed by atoms with Gasteiger partial charge in [-0.15, -0.1) is 5.10 Å². The zero-order chi connectivity index (χ0) is 31.0. The number of aromatic nitrogens is 3. The molecule has 0 unspecified atom stereocenters. The van der Waals surface area contributed by atoms with Gasteiger partial charge in [0.15, 0.2) is 21.3 Å². The maximum absolute atomic E-state index is 13.5. The number of sulfone groups is 1. The largest absolute Gasteiger partial charge is 0.474 e. The molecule has 0 radical (unpaired) electrons. The number of benzene rings is 2. The van der Waals surface area contributed by atoms with Gasteiger partial charge < -0.3 is 18.9 Å². The second-order valence-electron chi connectivity index (χ2n) is 10.9. The van der Waals surface area contributed by atoms with Crippen LogP contribution in [0.2, 0.25) is 0 Å². The summed E-state index contributed by atoms with van der Waals surface area (Å²) in [5.74, 6) is 1.64. The van der Waals surface area contributed by atoms with E-state index in [2.05, 4.69) is 35.6 Å². The van der Waals surface area contributed by atoms with E-state index in [1.165, 1.54) is 23.0 Å². The highest BCUT2D eigenvalue weighted by Crippen LogP contribution is 2.42. The zero-order valence-electron chi connectivity index (χ0n) is 24.3. The van der Waals surface area contributed by atoms with Gasteiger partial charge in [-0.25, -0.2) is 26.5 Å². The summed E-state index contributed by atoms with van der Waals surface area (Å²) in [6, 6.07) is 14.8. The Bertz CT molecular complexity index is 1850. The Balaban J connectivity index is 1.40. The second-order valence-corrected chi connectivity index (χ2v) is 14.6. The highest BCUT2D eigenvalue weighted by Gasteiger charge is 2.27. The predicted molar refractivity (Wildman–Crippen MR) is 159 cm³/mol. The monoisotopic (exact) mass is 628 g/mol. The number of hydrogen-bond donors (Lipinski definition) is 1. The number of nitrogens with one attached hydrogen (secondary N) is 1. The first-order valence-electron chi connectivity index (χ1n) is 13.2. The molecule has 0 spiro atoms. The molecule has 228 valence electrons. The number of pyridine rings is 1. The summed E-state index contributed by atoms with van der Waals surface area (Å²) >= 11 is 0. The minimum atomic E-state index is -4.00. The predicted octanol–water partition coefficient (Wildman–Crippen LogP) is 4.17. The zero-order valence-corrected chi connectivity index (χ0v) is 26.0. The van der Waals surface area contributed by atoms with Crippen molar-refractivity contribution in [2.75, 3.05) is 31.0 Å². The van der Waals surface area contributed by atoms with E-state index in [0.717, 1.165) is 11.8 Å². The highest BCUT2D eigenvalue weighted by atomic mass is 32.2. The van der Waals surface area contributed by atoms with Gasteiger partial charge in [-0.2, -0.15) is 0 Å². The summed E-state index contributed by atoms with van der Waals surface area (Å²) in [6.07, 6.45) is 2.32. The normalized spacial score (nSPS) is 13.1. The molecule has 0 fully saturated rings. The van der Waals surface area contributed by atoms with Gasteiger partial charge in [0.2, 0.25) is 18.6 Å². The third-order valence-corrected chi connectivity index (χ3v) is 9.10. The molecular weight excluding hydrogens is 596 g/mol. The molecule has 0 bridgehead atoms. The molecule has 1 aliphatic rings. The Kier molecular flexibility index (Phi) is 8.01. The first-order chi connectivity index (χ1) is 20.2. The fourth-order valence-corrected chi connectivity index (χ4v) is 5.97. The van der Waals surface area contributed by atoms with Gasteiger partial charge in [0.25, 0.3) is 10.0 Å². The maximum Gasteiger partial charge on any atom is 0.263 e. The molecule has 3 heterocycles. The van der Waals surface area contributed by atoms with Gasteiger partial charge in [-0.3, -0.25) is 4.72 Å². The van der Waals surface area contributed by atoms with E-state index in [0.29, 0.717) is 22.6 Å². The molecule has 0 amide bonds. The molecule has 0 aliphatic carbocycles. The maximum atomic E-state index is 13.5. The lowest BCUT2D eigenvalue weighted by Gasteiger charge is -2.19. The average molecular weight is 629 g/mol. The van der Waals surface area contributed by atoms with Crippen LogP contribution in [-0.4, -0.2) is 57.9 Å². The van der Waals surface area contributed by atoms with Crippen molar-refractivity contribution in [3.05, 3.63) is 66.4 Å². The molecule has 5 rings (SSSR count). The topological polar surface area (TPSA) is 148 Å². The van der Waals surface area contributed by atoms with E-state index in [4.69, 9.17) is 18.9 Å². The van der Waals surface area contributed by atoms with Gasteiger partial charge in [0.05, 0.1) is 15.4 Å². The lowest BCUT2D eigenvalue weighted by Crippen LogP contribution is -2.17. The quantitative estimate of drug-likeness (QED) is 0.254. The average Bonchev–Trinajstić information content (AvgIpc) is 3.53. The van der Waals surface area contributed by atoms with E-state index in [-0.39, 0.29) is 52.8 Å². The van der Waals surface area contributed by atoms with Crippen LogP contribution in [-0.2, 0) is 32.3 Å². The Morgan fingerprint density at radius 1 is 0.907 bits per heavy atom. The van der Waals surface area contributed by atoms with E-state index in [1.807, 2.05) is 0 Å². The van der Waals surface area contributed by atoms with Crippen LogP contribution in [0.4, 0.5) is 5.82 Å². The first-order valence-corrected chi connectivity index (χ1v) is 16.6. The molecule has 2 aromatic heterocycles. The molecule has 14 heteroatoms. The minimum Gasteiger partial charge on any atom is -0.474 e. The Morgan fingerprint density at radius 3 is 2.23 bits per heavy atom. The summed E-state index contributed by atoms with van der Waals surface area (Å²) in [5.41, 5.74) is 1.86. The van der Waals surface area contributed by atoms with Crippen LogP contribution in [0.1, 0.15) is 26.3 Å². The lowest BCUT2D eigenvalue weighted by atomic mass is 9.87. The van der Waals surface area contributed by atoms with Crippen molar-refractivity contribution in [1.82, 2.24) is 14.8 Å². The number of rotatable bonds is 10. The van der Waals surface area contributed by atoms with Gasteiger partial charge in [-0.05, 0) is 46.9 Å². The minimum absolute atomic E-state index is 0.0323. The molecule has 4 aromatic rings. The van der Waals surface area contributed by atoms with Crippen LogP contribution in [0, 0.1) is 0 Å². The fraction of sp³-hybridized carbons (Fsp3) is 0.310. The van der Waals surface area contributed by atoms with Crippen LogP contribution in [0.25, 0.3) is 11.1 Å². The van der Waals surface area contributed by atoms with Gasteiger partial charge >= 0.3 is 0 Å². The highest BCUT2D eigenvalue weighted by molar-refractivity contribution is 7.92. The Morgan fingerprint density at radius 2 is 1.58 bits per heavy atom. The summed E-state index contributed by atoms with van der Waals surface area (Å²) in [6.45, 7) is 6.34. The molecule has 0 saturated heterocycles. The molecule has 1 aliphatic heterocycles. The van der Waals surface area contributed by atoms with Crippen LogP contribution >= 0.6 is 0 Å². The van der Waals surface area contributed by atoms with E-state index in [1.54, 1.807) is 49.5 Å². The standard InChI is InChI=1S/C29H32N4O8S2/c1-29(2,3)20-7-9-21(10-8-20)43(36,37)32-27-26(19-6-12-23-24(16-19)41-18-40-23)28(31-33(27)4)39-15-14-38-25-13-11-22(17-30-25)42(5,34)35/h6-13,16-17,32H,14-15,18H2,1-5H3. The third-order valence-electron chi connectivity index (χ3n) is 6.65. The summed E-state index contributed by atoms with van der Waals surface area (Å²) in [5, 5.41) is 4.45. The van der Waals surface area contributed by atoms with Gasteiger partial charge in [0, 0.05) is 25.6 Å². The smallest absolute Gasteiger partial charge is 0.263 e. The van der Waals surface area contributed by atoms with E-state index >= 15 is 0 Å². The molecule has 0 saturated carbocycles. The SMILES string of the molecule is Cn1nc(OCCOc2ccc(S(C)(=O)=O)cn2)c(-c2ccc3c(c2)OCO3)c1NS(=O)(=O)c1ccc(C(C)(C)C)cc1. The number of sulfonamides is 1. The lowest BCUT2D eigenvalue weighted by molar-refractivity contribution is 0.174. The Labute approximate surface area is 250 Å². The summed E-state index contributed by atoms with van der Waals surface area (Å²) < 4.78 is 76.9. The molecule has 1 N–H and O–H groups in total. The van der Waals surface area contributed by atoms with Crippen LogP contribution < -0.4 is 23.7 Å². The van der Waals surface area contributed by atoms with Crippen molar-refractivity contribution < 1.29 is 35.8 Å². The van der Waals surface area contributed by atoms with Gasteiger partial charge in [0.1, 0.15) is 19.0 Å². The van der Waals surface area contributed by atoms with Crippen molar-refractivity contribution >= 4 is 25.7 Å². The number of anilines is 1. The van der Waals surface area contributed by atoms with Gasteiger partial charge in [-0.1, -0.05) is 39.0 Å². The number of fused-ring (bicyclic) bond motifs is 1. The molecule has 2 aromatic carbocycles. The Hall–Kier alpha value is -4.30. The number of hydrogen-bond acceptors (Lipinski definition) is 10. The molecule has 0 atom stereocenters. The number of nitrogens with zero attached hydrogens (tertiary/aromatic N) is 3. The number of ether oxygens (including phenoxy) is 4. The molecule has 12 nitrogen and oxygen atoms in total. The van der Waals surface area contributed by atoms with Crippen molar-refractivity contribution in [3.63, 3.8) is 0 Å². The summed E-state index contributed by atoms with van der Waals surface area (Å²) in [7, 11) is -5.77. The first kappa shape index (κ1) is 30.2. The van der Waals surface area contributed by atoms with Crippen LogP contribution in [0.3, 0.4) is 0 Å². The van der Waals surface area contributed by atoms with E-state index in [9.17, 15) is 16.8 Å². The van der Waals surface area contributed by atoms with E-state index < -0.39 is 19.9 Å². The fourth-order valence-electron chi connectivity index (χ4n) is 4.31. The van der Waals surface area contributed by atoms with Crippen molar-refractivity contribution in [1.29, 1.82) is 0 Å². The van der Waals surface area contributed by atoms with Crippen molar-refractivity contribution in [2.45, 2.75) is 36.0 Å². The number of aryl methyl sites for hydroxylation is 1. The summed E-state index contributed by atoms with van der Waals surface area (Å²) in [4.78, 5) is 4.20. The van der Waals surface area contributed by atoms with Crippen molar-refractivity contribution in [2.24, 2.45) is 7.05 Å².